The fourth-order valence-electron chi connectivity index (χ4n) is 4.82. The summed E-state index contributed by atoms with van der Waals surface area (Å²) in [6.07, 6.45) is 1.18. The molecule has 1 aliphatic carbocycles. The van der Waals surface area contributed by atoms with Crippen LogP contribution in [0.2, 0.25) is 10.0 Å². The van der Waals surface area contributed by atoms with Crippen molar-refractivity contribution in [3.05, 3.63) is 117 Å². The van der Waals surface area contributed by atoms with Gasteiger partial charge < -0.3 is 19.7 Å². The molecule has 0 spiro atoms. The summed E-state index contributed by atoms with van der Waals surface area (Å²) in [6, 6.07) is 23.9. The first-order valence-corrected chi connectivity index (χ1v) is 12.6. The highest BCUT2D eigenvalue weighted by Crippen LogP contribution is 2.44. The van der Waals surface area contributed by atoms with Crippen molar-refractivity contribution >= 4 is 35.3 Å². The van der Waals surface area contributed by atoms with Crippen LogP contribution in [-0.2, 0) is 22.5 Å². The highest BCUT2D eigenvalue weighted by Gasteiger charge is 2.30. The maximum atomic E-state index is 12.7. The summed E-state index contributed by atoms with van der Waals surface area (Å²) in [5, 5.41) is 13.2. The number of ether oxygens (including phenoxy) is 1. The van der Waals surface area contributed by atoms with E-state index in [2.05, 4.69) is 17.4 Å². The number of carboxylic acids is 1. The summed E-state index contributed by atoms with van der Waals surface area (Å²) in [6.45, 7) is 0.594. The van der Waals surface area contributed by atoms with Crippen LogP contribution in [0, 0.1) is 0 Å². The molecule has 3 aromatic carbocycles. The Morgan fingerprint density at radius 3 is 2.24 bits per heavy atom. The molecule has 1 amide bonds. The van der Waals surface area contributed by atoms with Crippen molar-refractivity contribution in [2.24, 2.45) is 0 Å². The summed E-state index contributed by atoms with van der Waals surface area (Å²) in [5.74, 6) is -1.25. The quantitative estimate of drug-likeness (QED) is 0.275. The Bertz CT molecular complexity index is 1420. The molecule has 1 aromatic heterocycles. The molecule has 0 aliphatic heterocycles. The Hall–Kier alpha value is -3.74. The number of carbonyl (C=O) groups is 2. The fourth-order valence-corrected chi connectivity index (χ4v) is 5.14. The maximum Gasteiger partial charge on any atom is 0.407 e. The molecule has 2 N–H and O–H groups in total. The van der Waals surface area contributed by atoms with Gasteiger partial charge in [0.05, 0.1) is 10.0 Å². The zero-order valence-electron chi connectivity index (χ0n) is 19.7. The minimum atomic E-state index is -1.15. The van der Waals surface area contributed by atoms with Gasteiger partial charge >= 0.3 is 12.1 Å². The van der Waals surface area contributed by atoms with Crippen molar-refractivity contribution in [2.45, 2.75) is 24.9 Å². The highest BCUT2D eigenvalue weighted by molar-refractivity contribution is 6.42. The monoisotopic (exact) mass is 534 g/mol. The van der Waals surface area contributed by atoms with Crippen LogP contribution in [0.25, 0.3) is 11.1 Å². The number of nitrogens with zero attached hydrogens (tertiary/aromatic N) is 1. The smallest absolute Gasteiger partial charge is 0.407 e. The average molecular weight is 535 g/mol. The molecular formula is C29H24Cl2N2O4. The third kappa shape index (κ3) is 5.36. The van der Waals surface area contributed by atoms with E-state index >= 15 is 0 Å². The summed E-state index contributed by atoms with van der Waals surface area (Å²) in [4.78, 5) is 24.7. The van der Waals surface area contributed by atoms with Crippen LogP contribution >= 0.6 is 23.2 Å². The van der Waals surface area contributed by atoms with Crippen LogP contribution in [0.5, 0.6) is 0 Å². The molecule has 1 aliphatic rings. The molecule has 1 unspecified atom stereocenters. The summed E-state index contributed by atoms with van der Waals surface area (Å²) >= 11 is 12.1. The Morgan fingerprint density at radius 1 is 0.919 bits per heavy atom. The van der Waals surface area contributed by atoms with Gasteiger partial charge in [-0.1, -0.05) is 77.8 Å². The molecule has 6 nitrogen and oxygen atoms in total. The number of nitrogens with one attached hydrogen (secondary N) is 1. The van der Waals surface area contributed by atoms with E-state index in [1.165, 1.54) is 0 Å². The number of carboxylic acid groups (broad SMARTS) is 1. The third-order valence-corrected chi connectivity index (χ3v) is 7.35. The number of amides is 1. The van der Waals surface area contributed by atoms with Gasteiger partial charge in [-0.2, -0.15) is 0 Å². The number of aromatic nitrogens is 1. The number of halogens is 2. The standard InChI is InChI=1S/C29H24Cl2N2O4/c30-25-12-11-18(14-26(25)31)16-33-13-5-6-19(33)15-27(28(34)35)32-29(36)37-17-24-22-9-3-1-7-20(22)21-8-2-4-10-23(21)24/h1-14,24,27H,15-17H2,(H,32,36)(H,34,35). The van der Waals surface area contributed by atoms with E-state index in [9.17, 15) is 14.7 Å². The molecule has 4 aromatic rings. The zero-order chi connectivity index (χ0) is 25.9. The van der Waals surface area contributed by atoms with Crippen LogP contribution in [0.15, 0.2) is 85.1 Å². The normalized spacial score (nSPS) is 13.0. The second-order valence-electron chi connectivity index (χ2n) is 8.94. The van der Waals surface area contributed by atoms with E-state index in [0.717, 1.165) is 33.5 Å². The lowest BCUT2D eigenvalue weighted by Crippen LogP contribution is -2.43. The van der Waals surface area contributed by atoms with Crippen LogP contribution in [0.1, 0.15) is 28.3 Å². The van der Waals surface area contributed by atoms with E-state index in [4.69, 9.17) is 27.9 Å². The van der Waals surface area contributed by atoms with E-state index in [-0.39, 0.29) is 18.9 Å². The van der Waals surface area contributed by atoms with Gasteiger partial charge in [-0.15, -0.1) is 0 Å². The first-order chi connectivity index (χ1) is 17.9. The van der Waals surface area contributed by atoms with Crippen LogP contribution in [0.4, 0.5) is 4.79 Å². The van der Waals surface area contributed by atoms with Gasteiger partial charge in [0.15, 0.2) is 0 Å². The summed E-state index contributed by atoms with van der Waals surface area (Å²) < 4.78 is 7.45. The molecular weight excluding hydrogens is 511 g/mol. The van der Waals surface area contributed by atoms with Crippen molar-refractivity contribution in [1.29, 1.82) is 0 Å². The minimum absolute atomic E-state index is 0.0911. The van der Waals surface area contributed by atoms with Crippen molar-refractivity contribution in [3.63, 3.8) is 0 Å². The van der Waals surface area contributed by atoms with Gasteiger partial charge in [-0.25, -0.2) is 9.59 Å². The van der Waals surface area contributed by atoms with Crippen LogP contribution in [0.3, 0.4) is 0 Å². The lowest BCUT2D eigenvalue weighted by Gasteiger charge is -2.18. The molecule has 5 rings (SSSR count). The molecule has 0 saturated heterocycles. The zero-order valence-corrected chi connectivity index (χ0v) is 21.2. The van der Waals surface area contributed by atoms with Crippen molar-refractivity contribution < 1.29 is 19.4 Å². The largest absolute Gasteiger partial charge is 0.480 e. The molecule has 37 heavy (non-hydrogen) atoms. The average Bonchev–Trinajstić information content (AvgIpc) is 3.46. The summed E-state index contributed by atoms with van der Waals surface area (Å²) in [7, 11) is 0. The number of alkyl carbamates (subject to hydrolysis) is 1. The Balaban J connectivity index is 1.24. The highest BCUT2D eigenvalue weighted by atomic mass is 35.5. The van der Waals surface area contributed by atoms with Gasteiger partial charge in [0.1, 0.15) is 12.6 Å². The number of fused-ring (bicyclic) bond motifs is 3. The van der Waals surface area contributed by atoms with E-state index in [1.54, 1.807) is 12.1 Å². The number of hydrogen-bond donors (Lipinski definition) is 2. The van der Waals surface area contributed by atoms with Crippen molar-refractivity contribution in [2.75, 3.05) is 6.61 Å². The SMILES string of the molecule is O=C(NC(Cc1cccn1Cc1ccc(Cl)c(Cl)c1)C(=O)O)OCC1c2ccccc2-c2ccccc21. The van der Waals surface area contributed by atoms with Crippen LogP contribution in [-0.4, -0.2) is 34.4 Å². The van der Waals surface area contributed by atoms with Gasteiger partial charge in [0, 0.05) is 30.8 Å². The molecule has 0 bridgehead atoms. The van der Waals surface area contributed by atoms with Crippen molar-refractivity contribution in [1.82, 2.24) is 9.88 Å². The predicted molar refractivity (Wildman–Crippen MR) is 143 cm³/mol. The lowest BCUT2D eigenvalue weighted by atomic mass is 9.98. The lowest BCUT2D eigenvalue weighted by molar-refractivity contribution is -0.139. The van der Waals surface area contributed by atoms with Gasteiger partial charge in [-0.05, 0) is 52.1 Å². The molecule has 0 fully saturated rings. The predicted octanol–water partition coefficient (Wildman–Crippen LogP) is 6.38. The van der Waals surface area contributed by atoms with E-state index in [1.807, 2.05) is 65.4 Å². The first kappa shape index (κ1) is 24.9. The van der Waals surface area contributed by atoms with E-state index < -0.39 is 18.1 Å². The Morgan fingerprint density at radius 2 is 1.59 bits per heavy atom. The molecule has 0 saturated carbocycles. The Kier molecular flexibility index (Phi) is 7.22. The van der Waals surface area contributed by atoms with E-state index in [0.29, 0.717) is 16.6 Å². The second-order valence-corrected chi connectivity index (χ2v) is 9.76. The third-order valence-electron chi connectivity index (χ3n) is 6.61. The molecule has 0 radical (unpaired) electrons. The van der Waals surface area contributed by atoms with Gasteiger partial charge in [0.25, 0.3) is 0 Å². The number of rotatable bonds is 8. The van der Waals surface area contributed by atoms with Crippen molar-refractivity contribution in [3.8, 4) is 11.1 Å². The molecule has 1 atom stereocenters. The topological polar surface area (TPSA) is 80.6 Å². The molecule has 1 heterocycles. The number of aliphatic carboxylic acids is 1. The first-order valence-electron chi connectivity index (χ1n) is 11.8. The molecule has 188 valence electrons. The van der Waals surface area contributed by atoms with Gasteiger partial charge in [0.2, 0.25) is 0 Å². The summed E-state index contributed by atoms with van der Waals surface area (Å²) in [5.41, 5.74) is 6.09. The number of benzene rings is 3. The Labute approximate surface area is 224 Å². The minimum Gasteiger partial charge on any atom is -0.480 e. The number of carbonyl (C=O) groups excluding carboxylic acids is 1. The molecule has 8 heteroatoms. The fraction of sp³-hybridized carbons (Fsp3) is 0.172. The maximum absolute atomic E-state index is 12.7. The van der Waals surface area contributed by atoms with Crippen LogP contribution < -0.4 is 5.32 Å². The van der Waals surface area contributed by atoms with Gasteiger partial charge in [-0.3, -0.25) is 0 Å². The second kappa shape index (κ2) is 10.7. The number of hydrogen-bond acceptors (Lipinski definition) is 3.